The van der Waals surface area contributed by atoms with E-state index in [1.807, 2.05) is 0 Å². The highest BCUT2D eigenvalue weighted by Crippen LogP contribution is 2.43. The maximum Gasteiger partial charge on any atom is 0.252 e. The number of amides is 1. The summed E-state index contributed by atoms with van der Waals surface area (Å²) < 4.78 is 5.44. The van der Waals surface area contributed by atoms with Crippen LogP contribution in [-0.4, -0.2) is 35.1 Å². The number of ether oxygens (including phenoxy) is 1. The van der Waals surface area contributed by atoms with E-state index in [0.717, 1.165) is 44.2 Å². The van der Waals surface area contributed by atoms with E-state index < -0.39 is 5.91 Å². The van der Waals surface area contributed by atoms with Crippen LogP contribution in [0.2, 0.25) is 0 Å². The molecule has 0 aromatic carbocycles. The van der Waals surface area contributed by atoms with E-state index in [1.54, 1.807) is 13.3 Å². The van der Waals surface area contributed by atoms with Crippen molar-refractivity contribution in [2.45, 2.75) is 83.3 Å². The molecule has 1 heterocycles. The number of hydrogen-bond donors (Lipinski definition) is 2. The Balaban J connectivity index is 1.75. The number of primary amides is 1. The third kappa shape index (κ3) is 4.34. The number of carbonyl (C=O) groups excluding carboxylic acids is 1. The van der Waals surface area contributed by atoms with Gasteiger partial charge in [0.15, 0.2) is 0 Å². The van der Waals surface area contributed by atoms with Gasteiger partial charge >= 0.3 is 0 Å². The Morgan fingerprint density at radius 2 is 2.00 bits per heavy atom. The number of anilines is 1. The molecule has 0 saturated heterocycles. The molecule has 0 bridgehead atoms. The Kier molecular flexibility index (Phi) is 6.12. The minimum absolute atomic E-state index is 0.256. The molecule has 6 heteroatoms. The lowest BCUT2D eigenvalue weighted by Crippen LogP contribution is -2.30. The molecule has 2 aliphatic rings. The second-order valence-electron chi connectivity index (χ2n) is 8.01. The van der Waals surface area contributed by atoms with Crippen LogP contribution in [0, 0.1) is 5.41 Å². The quantitative estimate of drug-likeness (QED) is 0.777. The number of aromatic nitrogens is 2. The lowest BCUT2D eigenvalue weighted by Gasteiger charge is -2.29. The standard InChI is InChI=1S/C20H32N4O2/c1-3-20(10-4-5-11-20)12-17-16(18(21)25)13-22-19(24-17)23-14-6-8-15(26-2)9-7-14/h13-15H,3-12H2,1-2H3,(H2,21,25)(H,22,23,24). The van der Waals surface area contributed by atoms with Crippen molar-refractivity contribution < 1.29 is 9.53 Å². The van der Waals surface area contributed by atoms with Gasteiger partial charge in [0.25, 0.3) is 5.91 Å². The summed E-state index contributed by atoms with van der Waals surface area (Å²) in [6, 6.07) is 0.361. The van der Waals surface area contributed by atoms with E-state index >= 15 is 0 Å². The van der Waals surface area contributed by atoms with Crippen molar-refractivity contribution >= 4 is 11.9 Å². The van der Waals surface area contributed by atoms with Crippen LogP contribution in [0.25, 0.3) is 0 Å². The van der Waals surface area contributed by atoms with E-state index in [-0.39, 0.29) is 5.41 Å². The molecule has 0 aliphatic heterocycles. The van der Waals surface area contributed by atoms with Crippen LogP contribution < -0.4 is 11.1 Å². The largest absolute Gasteiger partial charge is 0.381 e. The Morgan fingerprint density at radius 3 is 2.58 bits per heavy atom. The lowest BCUT2D eigenvalue weighted by atomic mass is 9.78. The summed E-state index contributed by atoms with van der Waals surface area (Å²) >= 11 is 0. The summed E-state index contributed by atoms with van der Waals surface area (Å²) in [6.45, 7) is 2.24. The van der Waals surface area contributed by atoms with Crippen LogP contribution >= 0.6 is 0 Å². The highest BCUT2D eigenvalue weighted by molar-refractivity contribution is 5.93. The normalized spacial score (nSPS) is 25.2. The fourth-order valence-electron chi connectivity index (χ4n) is 4.59. The van der Waals surface area contributed by atoms with E-state index in [4.69, 9.17) is 15.5 Å². The summed E-state index contributed by atoms with van der Waals surface area (Å²) in [5, 5.41) is 3.46. The molecule has 26 heavy (non-hydrogen) atoms. The summed E-state index contributed by atoms with van der Waals surface area (Å²) in [6.07, 6.45) is 13.0. The number of hydrogen-bond acceptors (Lipinski definition) is 5. The van der Waals surface area contributed by atoms with Crippen molar-refractivity contribution in [2.75, 3.05) is 12.4 Å². The molecule has 0 spiro atoms. The second kappa shape index (κ2) is 8.33. The summed E-state index contributed by atoms with van der Waals surface area (Å²) in [4.78, 5) is 21.0. The number of nitrogens with zero attached hydrogens (tertiary/aromatic N) is 2. The molecular formula is C20H32N4O2. The van der Waals surface area contributed by atoms with Crippen LogP contribution in [0.4, 0.5) is 5.95 Å². The summed E-state index contributed by atoms with van der Waals surface area (Å²) in [5.74, 6) is 0.187. The van der Waals surface area contributed by atoms with Crippen molar-refractivity contribution in [2.24, 2.45) is 11.1 Å². The van der Waals surface area contributed by atoms with Crippen molar-refractivity contribution in [3.05, 3.63) is 17.5 Å². The Labute approximate surface area is 156 Å². The van der Waals surface area contributed by atoms with E-state index in [1.165, 1.54) is 25.7 Å². The monoisotopic (exact) mass is 360 g/mol. The summed E-state index contributed by atoms with van der Waals surface area (Å²) in [5.41, 5.74) is 7.12. The molecule has 1 aromatic heterocycles. The van der Waals surface area contributed by atoms with Gasteiger partial charge in [-0.3, -0.25) is 4.79 Å². The zero-order valence-corrected chi connectivity index (χ0v) is 16.1. The van der Waals surface area contributed by atoms with E-state index in [9.17, 15) is 4.79 Å². The fraction of sp³-hybridized carbons (Fsp3) is 0.750. The van der Waals surface area contributed by atoms with Gasteiger partial charge in [-0.15, -0.1) is 0 Å². The number of carbonyl (C=O) groups is 1. The molecule has 2 saturated carbocycles. The maximum absolute atomic E-state index is 11.9. The third-order valence-electron chi connectivity index (χ3n) is 6.43. The topological polar surface area (TPSA) is 90.1 Å². The highest BCUT2D eigenvalue weighted by Gasteiger charge is 2.34. The van der Waals surface area contributed by atoms with Gasteiger partial charge in [-0.05, 0) is 50.4 Å². The van der Waals surface area contributed by atoms with Crippen LogP contribution in [-0.2, 0) is 11.2 Å². The van der Waals surface area contributed by atoms with Crippen LogP contribution in [0.5, 0.6) is 0 Å². The molecule has 1 aromatic rings. The predicted octanol–water partition coefficient (Wildman–Crippen LogP) is 3.46. The Hall–Kier alpha value is -1.69. The minimum atomic E-state index is -0.434. The number of methoxy groups -OCH3 is 1. The Bertz CT molecular complexity index is 620. The smallest absolute Gasteiger partial charge is 0.252 e. The van der Waals surface area contributed by atoms with Gasteiger partial charge in [0, 0.05) is 19.3 Å². The average molecular weight is 361 g/mol. The highest BCUT2D eigenvalue weighted by atomic mass is 16.5. The fourth-order valence-corrected chi connectivity index (χ4v) is 4.59. The number of rotatable bonds is 7. The predicted molar refractivity (Wildman–Crippen MR) is 102 cm³/mol. The van der Waals surface area contributed by atoms with Crippen LogP contribution in [0.1, 0.15) is 80.8 Å². The van der Waals surface area contributed by atoms with Crippen LogP contribution in [0.3, 0.4) is 0 Å². The van der Waals surface area contributed by atoms with Crippen molar-refractivity contribution in [3.8, 4) is 0 Å². The molecule has 0 radical (unpaired) electrons. The SMILES string of the molecule is CCC1(Cc2nc(NC3CCC(OC)CC3)ncc2C(N)=O)CCCC1. The van der Waals surface area contributed by atoms with Gasteiger partial charge in [0.05, 0.1) is 17.4 Å². The maximum atomic E-state index is 11.9. The molecule has 0 unspecified atom stereocenters. The molecule has 144 valence electrons. The average Bonchev–Trinajstić information content (AvgIpc) is 3.11. The number of nitrogens with one attached hydrogen (secondary N) is 1. The third-order valence-corrected chi connectivity index (χ3v) is 6.43. The number of nitrogens with two attached hydrogens (primary N) is 1. The minimum Gasteiger partial charge on any atom is -0.381 e. The van der Waals surface area contributed by atoms with Crippen molar-refractivity contribution in [1.82, 2.24) is 9.97 Å². The first-order valence-corrected chi connectivity index (χ1v) is 10.0. The molecule has 3 rings (SSSR count). The van der Waals surface area contributed by atoms with Gasteiger partial charge in [-0.2, -0.15) is 0 Å². The van der Waals surface area contributed by atoms with Gasteiger partial charge in [-0.1, -0.05) is 26.2 Å². The van der Waals surface area contributed by atoms with E-state index in [2.05, 4.69) is 17.2 Å². The van der Waals surface area contributed by atoms with Crippen molar-refractivity contribution in [3.63, 3.8) is 0 Å². The van der Waals surface area contributed by atoms with Gasteiger partial charge in [0.2, 0.25) is 5.95 Å². The first kappa shape index (κ1) is 19.1. The van der Waals surface area contributed by atoms with Crippen molar-refractivity contribution in [1.29, 1.82) is 0 Å². The van der Waals surface area contributed by atoms with E-state index in [0.29, 0.717) is 23.7 Å². The zero-order valence-electron chi connectivity index (χ0n) is 16.1. The van der Waals surface area contributed by atoms with Gasteiger partial charge in [0.1, 0.15) is 0 Å². The molecule has 2 aliphatic carbocycles. The molecule has 2 fully saturated rings. The zero-order chi connectivity index (χ0) is 18.6. The van der Waals surface area contributed by atoms with Gasteiger partial charge < -0.3 is 15.8 Å². The summed E-state index contributed by atoms with van der Waals surface area (Å²) in [7, 11) is 1.78. The van der Waals surface area contributed by atoms with Crippen LogP contribution in [0.15, 0.2) is 6.20 Å². The van der Waals surface area contributed by atoms with Gasteiger partial charge in [-0.25, -0.2) is 9.97 Å². The first-order chi connectivity index (χ1) is 12.5. The molecule has 1 amide bonds. The lowest BCUT2D eigenvalue weighted by molar-refractivity contribution is 0.0681. The molecule has 6 nitrogen and oxygen atoms in total. The second-order valence-corrected chi connectivity index (χ2v) is 8.01. The molecule has 3 N–H and O–H groups in total. The molecular weight excluding hydrogens is 328 g/mol. The Morgan fingerprint density at radius 1 is 1.31 bits per heavy atom. The molecule has 0 atom stereocenters. The first-order valence-electron chi connectivity index (χ1n) is 10.0.